The molecule has 10 aromatic rings. The van der Waals surface area contributed by atoms with Crippen LogP contribution in [0.5, 0.6) is 0 Å². The Kier molecular flexibility index (Phi) is 6.12. The van der Waals surface area contributed by atoms with Gasteiger partial charge in [-0.25, -0.2) is 0 Å². The van der Waals surface area contributed by atoms with E-state index in [0.717, 1.165) is 0 Å². The minimum atomic E-state index is 1.18. The number of rotatable bonds is 4. The summed E-state index contributed by atoms with van der Waals surface area (Å²) in [5, 5.41) is 7.83. The third kappa shape index (κ3) is 4.17. The molecular formula is C46H29NS. The molecule has 0 N–H and O–H groups in total. The van der Waals surface area contributed by atoms with Gasteiger partial charge in [0.2, 0.25) is 0 Å². The Labute approximate surface area is 282 Å². The number of para-hydroxylation sites is 2. The molecule has 0 aliphatic carbocycles. The summed E-state index contributed by atoms with van der Waals surface area (Å²) in [7, 11) is 0. The van der Waals surface area contributed by atoms with Crippen LogP contribution in [-0.2, 0) is 0 Å². The van der Waals surface area contributed by atoms with Crippen molar-refractivity contribution in [2.24, 2.45) is 0 Å². The van der Waals surface area contributed by atoms with Crippen LogP contribution in [0.2, 0.25) is 0 Å². The van der Waals surface area contributed by atoms with Crippen LogP contribution >= 0.6 is 11.3 Å². The maximum Gasteiger partial charge on any atom is 0.0541 e. The lowest BCUT2D eigenvalue weighted by Gasteiger charge is -2.15. The van der Waals surface area contributed by atoms with Gasteiger partial charge >= 0.3 is 0 Å². The topological polar surface area (TPSA) is 4.93 Å². The van der Waals surface area contributed by atoms with E-state index in [1.807, 2.05) is 11.3 Å². The molecule has 2 heterocycles. The fourth-order valence-electron chi connectivity index (χ4n) is 7.58. The first-order valence-corrected chi connectivity index (χ1v) is 17.3. The lowest BCUT2D eigenvalue weighted by Crippen LogP contribution is -1.97. The molecule has 0 spiro atoms. The van der Waals surface area contributed by atoms with E-state index < -0.39 is 0 Å². The molecule has 0 fully saturated rings. The van der Waals surface area contributed by atoms with Gasteiger partial charge in [-0.15, -0.1) is 11.3 Å². The lowest BCUT2D eigenvalue weighted by molar-refractivity contribution is 1.18. The van der Waals surface area contributed by atoms with Crippen LogP contribution in [0.4, 0.5) is 0 Å². The summed E-state index contributed by atoms with van der Waals surface area (Å²) in [6.07, 6.45) is 0. The number of aromatic nitrogens is 1. The summed E-state index contributed by atoms with van der Waals surface area (Å²) in [6, 6.07) is 64.3. The van der Waals surface area contributed by atoms with Gasteiger partial charge in [0, 0.05) is 36.5 Å². The molecule has 1 nitrogen and oxygen atoms in total. The number of hydrogen-bond acceptors (Lipinski definition) is 1. The summed E-state index contributed by atoms with van der Waals surface area (Å²) >= 11 is 1.90. The standard InChI is InChI=1S/C46H29NS/c1-2-11-30(12-3-1)34-26-28-43-40(29-34)38-16-7-9-19-42(38)47(43)41-18-8-6-14-35(41)32-21-23-33(24-22-32)36-17-10-20-44-45(36)39-27-25-31-13-4-5-15-37(31)46(39)48-44/h1-29H. The van der Waals surface area contributed by atoms with Crippen LogP contribution < -0.4 is 0 Å². The van der Waals surface area contributed by atoms with Crippen LogP contribution in [0.15, 0.2) is 176 Å². The molecule has 0 radical (unpaired) electrons. The molecule has 10 rings (SSSR count). The summed E-state index contributed by atoms with van der Waals surface area (Å²) in [5.41, 5.74) is 11.0. The normalized spacial score (nSPS) is 11.8. The van der Waals surface area contributed by atoms with Gasteiger partial charge in [0.25, 0.3) is 0 Å². The van der Waals surface area contributed by atoms with Crippen molar-refractivity contribution in [2.75, 3.05) is 0 Å². The van der Waals surface area contributed by atoms with Crippen LogP contribution in [0.3, 0.4) is 0 Å². The molecule has 0 aliphatic rings. The van der Waals surface area contributed by atoms with Gasteiger partial charge < -0.3 is 4.57 Å². The third-order valence-electron chi connectivity index (χ3n) is 9.82. The van der Waals surface area contributed by atoms with Crippen molar-refractivity contribution in [2.45, 2.75) is 0 Å². The number of nitrogens with zero attached hydrogens (tertiary/aromatic N) is 1. The molecular weight excluding hydrogens is 599 g/mol. The molecule has 0 saturated heterocycles. The van der Waals surface area contributed by atoms with Gasteiger partial charge in [0.15, 0.2) is 0 Å². The number of hydrogen-bond donors (Lipinski definition) is 0. The van der Waals surface area contributed by atoms with Gasteiger partial charge in [-0.05, 0) is 68.9 Å². The van der Waals surface area contributed by atoms with Crippen LogP contribution in [0.25, 0.3) is 91.8 Å². The zero-order valence-corrected chi connectivity index (χ0v) is 26.9. The van der Waals surface area contributed by atoms with E-state index in [1.165, 1.54) is 91.8 Å². The van der Waals surface area contributed by atoms with E-state index in [2.05, 4.69) is 180 Å². The maximum absolute atomic E-state index is 2.44. The van der Waals surface area contributed by atoms with Crippen molar-refractivity contribution in [3.63, 3.8) is 0 Å². The smallest absolute Gasteiger partial charge is 0.0541 e. The third-order valence-corrected chi connectivity index (χ3v) is 11.0. The molecule has 0 saturated carbocycles. The van der Waals surface area contributed by atoms with Crippen LogP contribution in [-0.4, -0.2) is 4.57 Å². The molecule has 0 amide bonds. The molecule has 8 aromatic carbocycles. The second-order valence-corrected chi connectivity index (χ2v) is 13.5. The van der Waals surface area contributed by atoms with Gasteiger partial charge in [0.1, 0.15) is 0 Å². The first kappa shape index (κ1) is 27.2. The Morgan fingerprint density at radius 2 is 1.04 bits per heavy atom. The fourth-order valence-corrected chi connectivity index (χ4v) is 8.84. The zero-order valence-electron chi connectivity index (χ0n) is 26.1. The number of fused-ring (bicyclic) bond motifs is 8. The van der Waals surface area contributed by atoms with E-state index in [9.17, 15) is 0 Å². The van der Waals surface area contributed by atoms with E-state index in [1.54, 1.807) is 0 Å². The molecule has 0 bridgehead atoms. The Morgan fingerprint density at radius 1 is 0.375 bits per heavy atom. The Balaban J connectivity index is 1.11. The Bertz CT molecular complexity index is 2820. The molecule has 0 aliphatic heterocycles. The van der Waals surface area contributed by atoms with Gasteiger partial charge in [0.05, 0.1) is 16.7 Å². The Morgan fingerprint density at radius 3 is 1.92 bits per heavy atom. The van der Waals surface area contributed by atoms with Crippen molar-refractivity contribution in [3.05, 3.63) is 176 Å². The highest BCUT2D eigenvalue weighted by atomic mass is 32.1. The summed E-state index contributed by atoms with van der Waals surface area (Å²) in [5.74, 6) is 0. The van der Waals surface area contributed by atoms with Crippen molar-refractivity contribution in [3.8, 4) is 39.1 Å². The fraction of sp³-hybridized carbons (Fsp3) is 0. The molecule has 0 unspecified atom stereocenters. The highest BCUT2D eigenvalue weighted by molar-refractivity contribution is 7.26. The SMILES string of the molecule is c1ccc(-c2ccc3c(c2)c2ccccc2n3-c2ccccc2-c2ccc(-c3cccc4sc5c6ccccc6ccc5c34)cc2)cc1. The van der Waals surface area contributed by atoms with Crippen LogP contribution in [0, 0.1) is 0 Å². The average molecular weight is 628 g/mol. The highest BCUT2D eigenvalue weighted by Gasteiger charge is 2.17. The van der Waals surface area contributed by atoms with E-state index in [-0.39, 0.29) is 0 Å². The Hall–Kier alpha value is -5.96. The second-order valence-electron chi connectivity index (χ2n) is 12.5. The van der Waals surface area contributed by atoms with Gasteiger partial charge in [-0.1, -0.05) is 146 Å². The highest BCUT2D eigenvalue weighted by Crippen LogP contribution is 2.43. The molecule has 0 atom stereocenters. The summed E-state index contributed by atoms with van der Waals surface area (Å²) in [4.78, 5) is 0. The largest absolute Gasteiger partial charge is 0.309 e. The average Bonchev–Trinajstić information content (AvgIpc) is 3.71. The predicted molar refractivity (Wildman–Crippen MR) is 207 cm³/mol. The van der Waals surface area contributed by atoms with Gasteiger partial charge in [-0.2, -0.15) is 0 Å². The number of thiophene rings is 1. The molecule has 48 heavy (non-hydrogen) atoms. The van der Waals surface area contributed by atoms with Gasteiger partial charge in [-0.3, -0.25) is 0 Å². The molecule has 224 valence electrons. The monoisotopic (exact) mass is 627 g/mol. The van der Waals surface area contributed by atoms with E-state index in [0.29, 0.717) is 0 Å². The minimum absolute atomic E-state index is 1.18. The van der Waals surface area contributed by atoms with E-state index >= 15 is 0 Å². The van der Waals surface area contributed by atoms with Crippen molar-refractivity contribution in [1.82, 2.24) is 4.57 Å². The summed E-state index contributed by atoms with van der Waals surface area (Å²) in [6.45, 7) is 0. The maximum atomic E-state index is 2.44. The second kappa shape index (κ2) is 10.8. The minimum Gasteiger partial charge on any atom is -0.309 e. The van der Waals surface area contributed by atoms with Crippen molar-refractivity contribution >= 4 is 64.1 Å². The number of benzene rings is 8. The van der Waals surface area contributed by atoms with Crippen molar-refractivity contribution < 1.29 is 0 Å². The summed E-state index contributed by atoms with van der Waals surface area (Å²) < 4.78 is 5.13. The van der Waals surface area contributed by atoms with Crippen LogP contribution in [0.1, 0.15) is 0 Å². The zero-order chi connectivity index (χ0) is 31.6. The van der Waals surface area contributed by atoms with E-state index in [4.69, 9.17) is 0 Å². The quantitative estimate of drug-likeness (QED) is 0.183. The molecule has 2 heteroatoms. The predicted octanol–water partition coefficient (Wildman–Crippen LogP) is 13.3. The molecule has 2 aromatic heterocycles. The first-order valence-electron chi connectivity index (χ1n) is 16.4. The van der Waals surface area contributed by atoms with Crippen molar-refractivity contribution in [1.29, 1.82) is 0 Å². The first-order chi connectivity index (χ1) is 23.8. The lowest BCUT2D eigenvalue weighted by atomic mass is 9.96.